The van der Waals surface area contributed by atoms with Gasteiger partial charge < -0.3 is 0 Å². The predicted molar refractivity (Wildman–Crippen MR) is 56.9 cm³/mol. The van der Waals surface area contributed by atoms with Gasteiger partial charge in [0.1, 0.15) is 5.82 Å². The molecule has 0 radical (unpaired) electrons. The van der Waals surface area contributed by atoms with Crippen LogP contribution in [0.25, 0.3) is 11.3 Å². The van der Waals surface area contributed by atoms with Crippen LogP contribution in [0.5, 0.6) is 0 Å². The van der Waals surface area contributed by atoms with E-state index in [1.165, 1.54) is 5.56 Å². The van der Waals surface area contributed by atoms with Gasteiger partial charge in [-0.15, -0.1) is 0 Å². The second-order valence-corrected chi connectivity index (χ2v) is 3.36. The standard InChI is InChI=1S/C12H12N2/c1-9-4-3-5-11(8-9)12-6-7-13-10(2)14-12/h3-8H,1-2H3. The van der Waals surface area contributed by atoms with Gasteiger partial charge in [0.25, 0.3) is 0 Å². The first kappa shape index (κ1) is 8.88. The molecule has 2 aromatic rings. The summed E-state index contributed by atoms with van der Waals surface area (Å²) in [7, 11) is 0. The van der Waals surface area contributed by atoms with Gasteiger partial charge in [-0.3, -0.25) is 0 Å². The lowest BCUT2D eigenvalue weighted by atomic mass is 10.1. The Bertz CT molecular complexity index is 406. The van der Waals surface area contributed by atoms with Crippen molar-refractivity contribution in [2.75, 3.05) is 0 Å². The van der Waals surface area contributed by atoms with Crippen LogP contribution >= 0.6 is 0 Å². The van der Waals surface area contributed by atoms with Crippen LogP contribution in [0.2, 0.25) is 0 Å². The number of benzene rings is 1. The molecule has 14 heavy (non-hydrogen) atoms. The number of hydrogen-bond acceptors (Lipinski definition) is 2. The highest BCUT2D eigenvalue weighted by Gasteiger charge is 1.98. The molecule has 0 amide bonds. The molecule has 2 rings (SSSR count). The van der Waals surface area contributed by atoms with E-state index in [1.807, 2.05) is 19.1 Å². The summed E-state index contributed by atoms with van der Waals surface area (Å²) in [5.74, 6) is 0.809. The van der Waals surface area contributed by atoms with Crippen LogP contribution in [-0.2, 0) is 0 Å². The number of hydrogen-bond donors (Lipinski definition) is 0. The van der Waals surface area contributed by atoms with Crippen molar-refractivity contribution in [2.24, 2.45) is 0 Å². The lowest BCUT2D eigenvalue weighted by Gasteiger charge is -2.01. The third kappa shape index (κ3) is 1.79. The van der Waals surface area contributed by atoms with E-state index in [2.05, 4.69) is 35.1 Å². The molecule has 0 saturated heterocycles. The molecule has 0 aliphatic carbocycles. The van der Waals surface area contributed by atoms with E-state index >= 15 is 0 Å². The summed E-state index contributed by atoms with van der Waals surface area (Å²) in [4.78, 5) is 8.45. The molecule has 1 heterocycles. The van der Waals surface area contributed by atoms with Crippen LogP contribution in [0.1, 0.15) is 11.4 Å². The SMILES string of the molecule is Cc1cccc(-c2ccnc(C)n2)c1. The van der Waals surface area contributed by atoms with E-state index in [4.69, 9.17) is 0 Å². The molecule has 70 valence electrons. The number of nitrogens with zero attached hydrogens (tertiary/aromatic N) is 2. The number of rotatable bonds is 1. The molecule has 0 bridgehead atoms. The van der Waals surface area contributed by atoms with Crippen LogP contribution < -0.4 is 0 Å². The van der Waals surface area contributed by atoms with Crippen LogP contribution in [-0.4, -0.2) is 9.97 Å². The van der Waals surface area contributed by atoms with E-state index in [-0.39, 0.29) is 0 Å². The summed E-state index contributed by atoms with van der Waals surface area (Å²) in [5, 5.41) is 0. The Hall–Kier alpha value is -1.70. The zero-order valence-electron chi connectivity index (χ0n) is 8.36. The second kappa shape index (κ2) is 3.58. The highest BCUT2D eigenvalue weighted by Crippen LogP contribution is 2.17. The topological polar surface area (TPSA) is 25.8 Å². The maximum absolute atomic E-state index is 4.37. The van der Waals surface area contributed by atoms with Crippen molar-refractivity contribution in [2.45, 2.75) is 13.8 Å². The summed E-state index contributed by atoms with van der Waals surface area (Å²) in [5.41, 5.74) is 3.38. The monoisotopic (exact) mass is 184 g/mol. The third-order valence-electron chi connectivity index (χ3n) is 2.09. The second-order valence-electron chi connectivity index (χ2n) is 3.36. The van der Waals surface area contributed by atoms with Gasteiger partial charge in [0.2, 0.25) is 0 Å². The summed E-state index contributed by atoms with van der Waals surface area (Å²) in [6, 6.07) is 10.2. The summed E-state index contributed by atoms with van der Waals surface area (Å²) in [6.07, 6.45) is 1.79. The van der Waals surface area contributed by atoms with Crippen LogP contribution in [0, 0.1) is 13.8 Å². The Balaban J connectivity index is 2.49. The average molecular weight is 184 g/mol. The Labute approximate surface area is 83.7 Å². The Morgan fingerprint density at radius 1 is 1.07 bits per heavy atom. The summed E-state index contributed by atoms with van der Waals surface area (Å²) >= 11 is 0. The Morgan fingerprint density at radius 2 is 1.93 bits per heavy atom. The molecule has 0 N–H and O–H groups in total. The highest BCUT2D eigenvalue weighted by molar-refractivity contribution is 5.59. The highest BCUT2D eigenvalue weighted by atomic mass is 14.9. The van der Waals surface area contributed by atoms with Crippen molar-refractivity contribution in [3.8, 4) is 11.3 Å². The fourth-order valence-electron chi connectivity index (χ4n) is 1.42. The molecular formula is C12H12N2. The zero-order valence-corrected chi connectivity index (χ0v) is 8.36. The number of aryl methyl sites for hydroxylation is 2. The first-order chi connectivity index (χ1) is 6.75. The first-order valence-electron chi connectivity index (χ1n) is 4.62. The minimum Gasteiger partial charge on any atom is -0.242 e. The Kier molecular flexibility index (Phi) is 2.27. The zero-order chi connectivity index (χ0) is 9.97. The fourth-order valence-corrected chi connectivity index (χ4v) is 1.42. The van der Waals surface area contributed by atoms with Gasteiger partial charge in [-0.1, -0.05) is 23.8 Å². The molecular weight excluding hydrogens is 172 g/mol. The molecule has 0 saturated carbocycles. The molecule has 0 aliphatic rings. The molecule has 0 atom stereocenters. The average Bonchev–Trinajstić information content (AvgIpc) is 2.18. The molecule has 0 fully saturated rings. The molecule has 0 aliphatic heterocycles. The van der Waals surface area contributed by atoms with E-state index in [9.17, 15) is 0 Å². The maximum atomic E-state index is 4.37. The smallest absolute Gasteiger partial charge is 0.125 e. The fraction of sp³-hybridized carbons (Fsp3) is 0.167. The van der Waals surface area contributed by atoms with Crippen molar-refractivity contribution in [3.05, 3.63) is 47.9 Å². The van der Waals surface area contributed by atoms with Gasteiger partial charge >= 0.3 is 0 Å². The maximum Gasteiger partial charge on any atom is 0.125 e. The quantitative estimate of drug-likeness (QED) is 0.681. The summed E-state index contributed by atoms with van der Waals surface area (Å²) in [6.45, 7) is 3.98. The molecule has 1 aromatic heterocycles. The molecule has 1 aromatic carbocycles. The van der Waals surface area contributed by atoms with Crippen molar-refractivity contribution in [1.29, 1.82) is 0 Å². The van der Waals surface area contributed by atoms with Crippen molar-refractivity contribution >= 4 is 0 Å². The molecule has 2 nitrogen and oxygen atoms in total. The molecule has 2 heteroatoms. The lowest BCUT2D eigenvalue weighted by molar-refractivity contribution is 1.06. The lowest BCUT2D eigenvalue weighted by Crippen LogP contribution is -1.89. The van der Waals surface area contributed by atoms with Gasteiger partial charge in [0.15, 0.2) is 0 Å². The largest absolute Gasteiger partial charge is 0.242 e. The van der Waals surface area contributed by atoms with Gasteiger partial charge in [0, 0.05) is 11.8 Å². The van der Waals surface area contributed by atoms with Crippen LogP contribution in [0.15, 0.2) is 36.5 Å². The van der Waals surface area contributed by atoms with E-state index < -0.39 is 0 Å². The normalized spacial score (nSPS) is 10.1. The van der Waals surface area contributed by atoms with E-state index in [0.29, 0.717) is 0 Å². The summed E-state index contributed by atoms with van der Waals surface area (Å²) < 4.78 is 0. The molecule has 0 spiro atoms. The van der Waals surface area contributed by atoms with Crippen molar-refractivity contribution in [1.82, 2.24) is 9.97 Å². The minimum absolute atomic E-state index is 0.809. The van der Waals surface area contributed by atoms with Gasteiger partial charge in [-0.25, -0.2) is 9.97 Å². The number of aromatic nitrogens is 2. The van der Waals surface area contributed by atoms with Gasteiger partial charge in [0.05, 0.1) is 5.69 Å². The van der Waals surface area contributed by atoms with Crippen LogP contribution in [0.4, 0.5) is 0 Å². The van der Waals surface area contributed by atoms with Crippen molar-refractivity contribution in [3.63, 3.8) is 0 Å². The predicted octanol–water partition coefficient (Wildman–Crippen LogP) is 2.76. The van der Waals surface area contributed by atoms with Crippen LogP contribution in [0.3, 0.4) is 0 Å². The van der Waals surface area contributed by atoms with E-state index in [0.717, 1.165) is 17.1 Å². The Morgan fingerprint density at radius 3 is 2.64 bits per heavy atom. The third-order valence-corrected chi connectivity index (χ3v) is 2.09. The van der Waals surface area contributed by atoms with Crippen molar-refractivity contribution < 1.29 is 0 Å². The van der Waals surface area contributed by atoms with E-state index in [1.54, 1.807) is 6.20 Å². The first-order valence-corrected chi connectivity index (χ1v) is 4.62. The van der Waals surface area contributed by atoms with Gasteiger partial charge in [-0.05, 0) is 26.0 Å². The minimum atomic E-state index is 0.809. The van der Waals surface area contributed by atoms with Gasteiger partial charge in [-0.2, -0.15) is 0 Å². The molecule has 0 unspecified atom stereocenters.